The molecule has 25 heavy (non-hydrogen) atoms. The molecule has 2 N–H and O–H groups in total. The first-order valence-corrected chi connectivity index (χ1v) is 8.27. The molecule has 132 valence electrons. The molecule has 5 nitrogen and oxygen atoms in total. The number of amides is 1. The number of phenols is 1. The van der Waals surface area contributed by atoms with Crippen molar-refractivity contribution in [1.29, 1.82) is 0 Å². The van der Waals surface area contributed by atoms with Crippen molar-refractivity contribution < 1.29 is 19.4 Å². The zero-order valence-electron chi connectivity index (χ0n) is 14.3. The largest absolute Gasteiger partial charge is 0.508 e. The van der Waals surface area contributed by atoms with Crippen LogP contribution in [0.3, 0.4) is 0 Å². The Bertz CT molecular complexity index is 683. The summed E-state index contributed by atoms with van der Waals surface area (Å²) in [5.74, 6) is -0.255. The molecule has 0 saturated heterocycles. The number of phenolic OH excluding ortho intramolecular Hbond substituents is 1. The standard InChI is InChI=1S/C20H23NO4/c1-15(22)25-14-18(13-17-5-3-2-4-6-17)21-20(24)12-9-16-7-10-19(23)11-8-16/h2-8,10-11,18,23H,9,12-14H2,1H3,(H,21,24)/t18-/m0/s1. The number of carbonyl (C=O) groups is 2. The minimum absolute atomic E-state index is 0.0961. The van der Waals surface area contributed by atoms with Crippen LogP contribution < -0.4 is 5.32 Å². The molecule has 5 heteroatoms. The molecule has 2 rings (SSSR count). The van der Waals surface area contributed by atoms with Gasteiger partial charge in [-0.1, -0.05) is 42.5 Å². The molecule has 0 bridgehead atoms. The van der Waals surface area contributed by atoms with Crippen LogP contribution in [0.25, 0.3) is 0 Å². The van der Waals surface area contributed by atoms with Crippen LogP contribution in [0.4, 0.5) is 0 Å². The van der Waals surface area contributed by atoms with Gasteiger partial charge < -0.3 is 15.2 Å². The van der Waals surface area contributed by atoms with Gasteiger partial charge in [-0.3, -0.25) is 9.59 Å². The van der Waals surface area contributed by atoms with Gasteiger partial charge in [0.1, 0.15) is 12.4 Å². The second-order valence-electron chi connectivity index (χ2n) is 5.92. The van der Waals surface area contributed by atoms with E-state index in [-0.39, 0.29) is 30.3 Å². The summed E-state index contributed by atoms with van der Waals surface area (Å²) >= 11 is 0. The first kappa shape index (κ1) is 18.5. The molecule has 1 amide bonds. The Morgan fingerprint density at radius 1 is 1.04 bits per heavy atom. The number of hydrogen-bond acceptors (Lipinski definition) is 4. The number of hydrogen-bond donors (Lipinski definition) is 2. The smallest absolute Gasteiger partial charge is 0.302 e. The SMILES string of the molecule is CC(=O)OC[C@H](Cc1ccccc1)NC(=O)CCc1ccc(O)cc1. The van der Waals surface area contributed by atoms with Crippen LogP contribution in [0.2, 0.25) is 0 Å². The summed E-state index contributed by atoms with van der Waals surface area (Å²) in [4.78, 5) is 23.3. The van der Waals surface area contributed by atoms with E-state index in [2.05, 4.69) is 5.32 Å². The van der Waals surface area contributed by atoms with Crippen molar-refractivity contribution in [2.45, 2.75) is 32.2 Å². The Morgan fingerprint density at radius 2 is 1.72 bits per heavy atom. The second kappa shape index (κ2) is 9.47. The lowest BCUT2D eigenvalue weighted by molar-refractivity contribution is -0.142. The molecule has 2 aromatic rings. The molecule has 0 spiro atoms. The highest BCUT2D eigenvalue weighted by Crippen LogP contribution is 2.11. The van der Waals surface area contributed by atoms with Crippen molar-refractivity contribution >= 4 is 11.9 Å². The molecule has 0 aromatic heterocycles. The second-order valence-corrected chi connectivity index (χ2v) is 5.92. The maximum atomic E-state index is 12.2. The van der Waals surface area contributed by atoms with Gasteiger partial charge in [-0.15, -0.1) is 0 Å². The number of benzene rings is 2. The molecular formula is C20H23NO4. The van der Waals surface area contributed by atoms with Crippen molar-refractivity contribution in [3.63, 3.8) is 0 Å². The van der Waals surface area contributed by atoms with Crippen molar-refractivity contribution in [2.75, 3.05) is 6.61 Å². The van der Waals surface area contributed by atoms with E-state index < -0.39 is 0 Å². The van der Waals surface area contributed by atoms with E-state index in [1.54, 1.807) is 24.3 Å². The summed E-state index contributed by atoms with van der Waals surface area (Å²) in [5.41, 5.74) is 2.05. The van der Waals surface area contributed by atoms with Crippen molar-refractivity contribution in [3.05, 3.63) is 65.7 Å². The van der Waals surface area contributed by atoms with Crippen molar-refractivity contribution in [3.8, 4) is 5.75 Å². The van der Waals surface area contributed by atoms with Gasteiger partial charge >= 0.3 is 5.97 Å². The van der Waals surface area contributed by atoms with Gasteiger partial charge in [0.05, 0.1) is 6.04 Å². The third-order valence-electron chi connectivity index (χ3n) is 3.75. The van der Waals surface area contributed by atoms with Gasteiger partial charge in [-0.25, -0.2) is 0 Å². The predicted molar refractivity (Wildman–Crippen MR) is 95.1 cm³/mol. The van der Waals surface area contributed by atoms with Gasteiger partial charge in [0.2, 0.25) is 5.91 Å². The van der Waals surface area contributed by atoms with E-state index in [0.717, 1.165) is 11.1 Å². The molecule has 0 heterocycles. The molecule has 0 radical (unpaired) electrons. The maximum Gasteiger partial charge on any atom is 0.302 e. The normalized spacial score (nSPS) is 11.6. The Balaban J connectivity index is 1.88. The van der Waals surface area contributed by atoms with Gasteiger partial charge in [-0.05, 0) is 36.1 Å². The molecular weight excluding hydrogens is 318 g/mol. The summed E-state index contributed by atoms with van der Waals surface area (Å²) in [5, 5.41) is 12.2. The average Bonchev–Trinajstić information content (AvgIpc) is 2.60. The van der Waals surface area contributed by atoms with Crippen LogP contribution in [0.1, 0.15) is 24.5 Å². The summed E-state index contributed by atoms with van der Waals surface area (Å²) in [7, 11) is 0. The van der Waals surface area contributed by atoms with Crippen LogP contribution in [-0.4, -0.2) is 29.6 Å². The van der Waals surface area contributed by atoms with Crippen LogP contribution >= 0.6 is 0 Å². The van der Waals surface area contributed by atoms with E-state index in [0.29, 0.717) is 19.3 Å². The first-order chi connectivity index (χ1) is 12.0. The summed E-state index contributed by atoms with van der Waals surface area (Å²) in [6.07, 6.45) is 1.51. The summed E-state index contributed by atoms with van der Waals surface area (Å²) in [6.45, 7) is 1.50. The van der Waals surface area contributed by atoms with Crippen LogP contribution in [-0.2, 0) is 27.2 Å². The molecule has 2 aromatic carbocycles. The topological polar surface area (TPSA) is 75.6 Å². The number of ether oxygens (including phenoxy) is 1. The third kappa shape index (κ3) is 7.08. The van der Waals surface area contributed by atoms with E-state index in [1.165, 1.54) is 6.92 Å². The number of esters is 1. The predicted octanol–water partition coefficient (Wildman–Crippen LogP) is 2.62. The van der Waals surface area contributed by atoms with Crippen molar-refractivity contribution in [2.24, 2.45) is 0 Å². The van der Waals surface area contributed by atoms with Crippen molar-refractivity contribution in [1.82, 2.24) is 5.32 Å². The highest BCUT2D eigenvalue weighted by Gasteiger charge is 2.15. The fourth-order valence-electron chi connectivity index (χ4n) is 2.49. The summed E-state index contributed by atoms with van der Waals surface area (Å²) in [6, 6.07) is 16.3. The van der Waals surface area contributed by atoms with Gasteiger partial charge in [-0.2, -0.15) is 0 Å². The fourth-order valence-corrected chi connectivity index (χ4v) is 2.49. The zero-order valence-corrected chi connectivity index (χ0v) is 14.3. The Morgan fingerprint density at radius 3 is 2.36 bits per heavy atom. The molecule has 1 atom stereocenters. The zero-order chi connectivity index (χ0) is 18.1. The van der Waals surface area contributed by atoms with E-state index >= 15 is 0 Å². The lowest BCUT2D eigenvalue weighted by Crippen LogP contribution is -2.40. The molecule has 0 unspecified atom stereocenters. The van der Waals surface area contributed by atoms with E-state index in [9.17, 15) is 14.7 Å². The molecule has 0 aliphatic carbocycles. The quantitative estimate of drug-likeness (QED) is 0.724. The molecule has 0 fully saturated rings. The lowest BCUT2D eigenvalue weighted by Gasteiger charge is -2.18. The van der Waals surface area contributed by atoms with Crippen LogP contribution in [0, 0.1) is 0 Å². The number of aromatic hydroxyl groups is 1. The van der Waals surface area contributed by atoms with Crippen LogP contribution in [0.5, 0.6) is 5.75 Å². The number of carbonyl (C=O) groups excluding carboxylic acids is 2. The van der Waals surface area contributed by atoms with Gasteiger partial charge in [0, 0.05) is 13.3 Å². The third-order valence-corrected chi connectivity index (χ3v) is 3.75. The Kier molecular flexibility index (Phi) is 7.01. The maximum absolute atomic E-state index is 12.2. The van der Waals surface area contributed by atoms with E-state index in [1.807, 2.05) is 30.3 Å². The fraction of sp³-hybridized carbons (Fsp3) is 0.300. The monoisotopic (exact) mass is 341 g/mol. The van der Waals surface area contributed by atoms with E-state index in [4.69, 9.17) is 4.74 Å². The van der Waals surface area contributed by atoms with Gasteiger partial charge in [0.25, 0.3) is 0 Å². The number of nitrogens with one attached hydrogen (secondary N) is 1. The van der Waals surface area contributed by atoms with Gasteiger partial charge in [0.15, 0.2) is 0 Å². The lowest BCUT2D eigenvalue weighted by atomic mass is 10.1. The Labute approximate surface area is 147 Å². The highest BCUT2D eigenvalue weighted by atomic mass is 16.5. The number of aryl methyl sites for hydroxylation is 1. The summed E-state index contributed by atoms with van der Waals surface area (Å²) < 4.78 is 5.07. The minimum atomic E-state index is -0.364. The highest BCUT2D eigenvalue weighted by molar-refractivity contribution is 5.76. The first-order valence-electron chi connectivity index (χ1n) is 8.27. The minimum Gasteiger partial charge on any atom is -0.508 e. The number of rotatable bonds is 8. The van der Waals surface area contributed by atoms with Crippen LogP contribution in [0.15, 0.2) is 54.6 Å². The molecule has 0 aliphatic heterocycles. The average molecular weight is 341 g/mol. The molecule has 0 saturated carbocycles. The Hall–Kier alpha value is -2.82. The molecule has 0 aliphatic rings.